The van der Waals surface area contributed by atoms with Gasteiger partial charge in [-0.2, -0.15) is 0 Å². The summed E-state index contributed by atoms with van der Waals surface area (Å²) in [5, 5.41) is 1.81. The number of carbonyl (C=O) groups is 1. The second kappa shape index (κ2) is 9.38. The summed E-state index contributed by atoms with van der Waals surface area (Å²) in [6, 6.07) is 17.4. The molecule has 5 nitrogen and oxygen atoms in total. The lowest BCUT2D eigenvalue weighted by atomic mass is 10.0. The highest BCUT2D eigenvalue weighted by atomic mass is 19.2. The molecule has 2 aromatic heterocycles. The second-order valence-corrected chi connectivity index (χ2v) is 8.12. The fourth-order valence-corrected chi connectivity index (χ4v) is 4.11. The van der Waals surface area contributed by atoms with Gasteiger partial charge in [0.2, 0.25) is 0 Å². The van der Waals surface area contributed by atoms with Gasteiger partial charge in [0, 0.05) is 6.20 Å². The van der Waals surface area contributed by atoms with Crippen LogP contribution in [0.2, 0.25) is 0 Å². The molecule has 1 N–H and O–H groups in total. The van der Waals surface area contributed by atoms with Crippen LogP contribution in [0, 0.1) is 29.1 Å². The molecule has 37 heavy (non-hydrogen) atoms. The minimum Gasteiger partial charge on any atom is -0.317 e. The van der Waals surface area contributed by atoms with Crippen LogP contribution in [-0.2, 0) is 6.54 Å². The van der Waals surface area contributed by atoms with Crippen LogP contribution in [0.25, 0.3) is 16.6 Å². The number of hydrogen-bond acceptors (Lipinski definition) is 2. The summed E-state index contributed by atoms with van der Waals surface area (Å²) in [7, 11) is 0. The minimum atomic E-state index is -1.90. The third-order valence-electron chi connectivity index (χ3n) is 5.82. The maximum Gasteiger partial charge on any atom is 0.280 e. The average molecular weight is 509 g/mol. The molecule has 0 aliphatic carbocycles. The van der Waals surface area contributed by atoms with Crippen molar-refractivity contribution in [3.05, 3.63) is 130 Å². The molecule has 0 aliphatic rings. The first-order chi connectivity index (χ1) is 17.8. The predicted molar refractivity (Wildman–Crippen MR) is 127 cm³/mol. The number of rotatable bonds is 5. The molecule has 0 fully saturated rings. The Morgan fingerprint density at radius 2 is 1.46 bits per heavy atom. The Kier molecular flexibility index (Phi) is 6.08. The molecule has 0 unspecified atom stereocenters. The summed E-state index contributed by atoms with van der Waals surface area (Å²) in [4.78, 5) is 26.3. The Bertz CT molecular complexity index is 1700. The second-order valence-electron chi connectivity index (χ2n) is 8.12. The lowest BCUT2D eigenvalue weighted by molar-refractivity contribution is 0.102. The van der Waals surface area contributed by atoms with Crippen molar-refractivity contribution in [2.24, 2.45) is 0 Å². The molecule has 0 spiro atoms. The van der Waals surface area contributed by atoms with Crippen LogP contribution in [0.1, 0.15) is 15.9 Å². The minimum absolute atomic E-state index is 0.0758. The number of anilines is 1. The van der Waals surface area contributed by atoms with E-state index in [9.17, 15) is 31.5 Å². The third kappa shape index (κ3) is 4.16. The molecule has 0 aliphatic heterocycles. The van der Waals surface area contributed by atoms with Gasteiger partial charge in [-0.15, -0.1) is 0 Å². The molecule has 5 rings (SSSR count). The normalized spacial score (nSPS) is 11.2. The standard InChI is InChI=1S/C27H16F5N3O2/c28-17-10-6-9-16(13-17)19-21(29)23(31)25(24(32)22(19)30)33-26(36)20-18-11-4-5-12-34(18)35(27(20)37)14-15-7-2-1-3-8-15/h1-13H,14H2,(H,33,36). The van der Waals surface area contributed by atoms with Crippen LogP contribution in [-0.4, -0.2) is 15.1 Å². The molecular weight excluding hydrogens is 493 g/mol. The van der Waals surface area contributed by atoms with Crippen molar-refractivity contribution in [3.8, 4) is 11.1 Å². The summed E-state index contributed by atoms with van der Waals surface area (Å²) < 4.78 is 75.6. The Labute approximate surface area is 206 Å². The third-order valence-corrected chi connectivity index (χ3v) is 5.82. The van der Waals surface area contributed by atoms with Crippen LogP contribution >= 0.6 is 0 Å². The molecular formula is C27H16F5N3O2. The molecule has 10 heteroatoms. The summed E-state index contributed by atoms with van der Waals surface area (Å²) >= 11 is 0. The molecule has 0 radical (unpaired) electrons. The Hall–Kier alpha value is -4.73. The molecule has 5 aromatic rings. The number of halogens is 5. The van der Waals surface area contributed by atoms with Crippen LogP contribution in [0.3, 0.4) is 0 Å². The number of nitrogens with one attached hydrogen (secondary N) is 1. The van der Waals surface area contributed by atoms with Crippen molar-refractivity contribution >= 4 is 17.1 Å². The van der Waals surface area contributed by atoms with Crippen LogP contribution in [0.15, 0.2) is 83.8 Å². The van der Waals surface area contributed by atoms with Gasteiger partial charge in [0.05, 0.1) is 17.6 Å². The Balaban J connectivity index is 1.58. The van der Waals surface area contributed by atoms with Crippen molar-refractivity contribution in [1.82, 2.24) is 9.20 Å². The number of fused-ring (bicyclic) bond motifs is 1. The molecule has 0 saturated carbocycles. The fraction of sp³-hybridized carbons (Fsp3) is 0.0370. The van der Waals surface area contributed by atoms with Gasteiger partial charge in [-0.05, 0) is 35.4 Å². The lowest BCUT2D eigenvalue weighted by Crippen LogP contribution is -2.26. The number of carbonyl (C=O) groups excluding carboxylic acids is 1. The van der Waals surface area contributed by atoms with E-state index in [0.29, 0.717) is 6.07 Å². The van der Waals surface area contributed by atoms with Gasteiger partial charge < -0.3 is 5.32 Å². The molecule has 2 heterocycles. The van der Waals surface area contributed by atoms with Crippen LogP contribution < -0.4 is 10.9 Å². The van der Waals surface area contributed by atoms with Gasteiger partial charge in [-0.25, -0.2) is 26.6 Å². The maximum absolute atomic E-state index is 14.9. The van der Waals surface area contributed by atoms with E-state index in [1.807, 2.05) is 5.32 Å². The number of nitrogens with zero attached hydrogens (tertiary/aromatic N) is 2. The summed E-state index contributed by atoms with van der Waals surface area (Å²) in [5.41, 5.74) is -3.39. The quantitative estimate of drug-likeness (QED) is 0.242. The van der Waals surface area contributed by atoms with E-state index in [0.717, 1.165) is 23.8 Å². The van der Waals surface area contributed by atoms with Crippen molar-refractivity contribution in [3.63, 3.8) is 0 Å². The molecule has 186 valence electrons. The van der Waals surface area contributed by atoms with Crippen molar-refractivity contribution < 1.29 is 26.7 Å². The zero-order chi connectivity index (χ0) is 26.3. The maximum atomic E-state index is 14.9. The van der Waals surface area contributed by atoms with Gasteiger partial charge in [0.1, 0.15) is 17.1 Å². The smallest absolute Gasteiger partial charge is 0.280 e. The van der Waals surface area contributed by atoms with E-state index in [1.165, 1.54) is 21.5 Å². The number of hydrogen-bond donors (Lipinski definition) is 1. The van der Waals surface area contributed by atoms with Gasteiger partial charge in [0.15, 0.2) is 23.3 Å². The van der Waals surface area contributed by atoms with Crippen LogP contribution in [0.4, 0.5) is 27.6 Å². The van der Waals surface area contributed by atoms with E-state index in [-0.39, 0.29) is 12.1 Å². The van der Waals surface area contributed by atoms with Crippen molar-refractivity contribution in [1.29, 1.82) is 0 Å². The first kappa shape index (κ1) is 24.0. The highest BCUT2D eigenvalue weighted by Gasteiger charge is 2.29. The number of amides is 1. The number of pyridine rings is 1. The first-order valence-corrected chi connectivity index (χ1v) is 10.9. The lowest BCUT2D eigenvalue weighted by Gasteiger charge is -2.13. The van der Waals surface area contributed by atoms with Gasteiger partial charge in [0.25, 0.3) is 11.5 Å². The van der Waals surface area contributed by atoms with Crippen molar-refractivity contribution in [2.75, 3.05) is 5.32 Å². The van der Waals surface area contributed by atoms with E-state index < -0.39 is 62.9 Å². The molecule has 0 bridgehead atoms. The average Bonchev–Trinajstić information content (AvgIpc) is 3.17. The Morgan fingerprint density at radius 3 is 2.14 bits per heavy atom. The largest absolute Gasteiger partial charge is 0.317 e. The van der Waals surface area contributed by atoms with E-state index in [1.54, 1.807) is 42.5 Å². The summed E-state index contributed by atoms with van der Waals surface area (Å²) in [5.74, 6) is -9.61. The summed E-state index contributed by atoms with van der Waals surface area (Å²) in [6.45, 7) is 0.0758. The molecule has 3 aromatic carbocycles. The first-order valence-electron chi connectivity index (χ1n) is 10.9. The van der Waals surface area contributed by atoms with Gasteiger partial charge in [-0.3, -0.25) is 14.1 Å². The summed E-state index contributed by atoms with van der Waals surface area (Å²) in [6.07, 6.45) is 1.52. The Morgan fingerprint density at radius 1 is 0.784 bits per heavy atom. The zero-order valence-electron chi connectivity index (χ0n) is 18.8. The van der Waals surface area contributed by atoms with Gasteiger partial charge in [-0.1, -0.05) is 48.5 Å². The predicted octanol–water partition coefficient (Wildman–Crippen LogP) is 5.76. The van der Waals surface area contributed by atoms with E-state index >= 15 is 0 Å². The highest BCUT2D eigenvalue weighted by Crippen LogP contribution is 2.35. The molecule has 0 atom stereocenters. The SMILES string of the molecule is O=C(Nc1c(F)c(F)c(-c2cccc(F)c2)c(F)c1F)c1c(=O)n(Cc2ccccc2)n2ccccc12. The molecule has 1 amide bonds. The zero-order valence-corrected chi connectivity index (χ0v) is 18.8. The van der Waals surface area contributed by atoms with Crippen molar-refractivity contribution in [2.45, 2.75) is 6.54 Å². The number of benzene rings is 3. The van der Waals surface area contributed by atoms with E-state index in [4.69, 9.17) is 0 Å². The monoisotopic (exact) mass is 509 g/mol. The fourth-order valence-electron chi connectivity index (χ4n) is 4.11. The van der Waals surface area contributed by atoms with E-state index in [2.05, 4.69) is 0 Å². The van der Waals surface area contributed by atoms with Crippen LogP contribution in [0.5, 0.6) is 0 Å². The highest BCUT2D eigenvalue weighted by molar-refractivity contribution is 6.09. The molecule has 0 saturated heterocycles. The number of aromatic nitrogens is 2. The van der Waals surface area contributed by atoms with Gasteiger partial charge >= 0.3 is 0 Å². The topological polar surface area (TPSA) is 55.5 Å².